The van der Waals surface area contributed by atoms with E-state index in [0.717, 1.165) is 45.1 Å². The van der Waals surface area contributed by atoms with E-state index in [1.165, 1.54) is 4.88 Å². The Morgan fingerprint density at radius 3 is 2.82 bits per heavy atom. The zero-order valence-corrected chi connectivity index (χ0v) is 15.4. The maximum atomic E-state index is 5.49. The summed E-state index contributed by atoms with van der Waals surface area (Å²) in [6.07, 6.45) is 4.40. The van der Waals surface area contributed by atoms with Crippen molar-refractivity contribution in [3.05, 3.63) is 22.4 Å². The highest BCUT2D eigenvalue weighted by Crippen LogP contribution is 2.32. The zero-order valence-electron chi connectivity index (χ0n) is 13.7. The summed E-state index contributed by atoms with van der Waals surface area (Å²) in [6, 6.07) is 4.30. The lowest BCUT2D eigenvalue weighted by Gasteiger charge is -2.36. The first-order valence-electron chi connectivity index (χ1n) is 7.80. The molecular formula is C16H27N3OS2. The van der Waals surface area contributed by atoms with Gasteiger partial charge in [-0.05, 0) is 30.5 Å². The third-order valence-electron chi connectivity index (χ3n) is 4.24. The molecule has 0 spiro atoms. The molecular weight excluding hydrogens is 314 g/mol. The van der Waals surface area contributed by atoms with E-state index in [4.69, 9.17) is 4.74 Å². The second kappa shape index (κ2) is 8.79. The Morgan fingerprint density at radius 2 is 2.23 bits per heavy atom. The molecule has 1 saturated heterocycles. The molecule has 22 heavy (non-hydrogen) atoms. The maximum absolute atomic E-state index is 5.49. The minimum atomic E-state index is 0.273. The van der Waals surface area contributed by atoms with Crippen molar-refractivity contribution >= 4 is 29.1 Å². The Morgan fingerprint density at radius 1 is 1.45 bits per heavy atom. The number of hydrogen-bond acceptors (Lipinski definition) is 4. The number of nitrogens with one attached hydrogen (secondary N) is 2. The molecule has 0 aliphatic carbocycles. The van der Waals surface area contributed by atoms with Crippen LogP contribution in [0.3, 0.4) is 0 Å². The van der Waals surface area contributed by atoms with Crippen molar-refractivity contribution in [1.82, 2.24) is 10.6 Å². The van der Waals surface area contributed by atoms with Crippen LogP contribution in [-0.4, -0.2) is 50.3 Å². The average Bonchev–Trinajstić information content (AvgIpc) is 3.10. The molecule has 1 aromatic heterocycles. The van der Waals surface area contributed by atoms with Crippen LogP contribution in [0.2, 0.25) is 0 Å². The lowest BCUT2D eigenvalue weighted by molar-refractivity contribution is 0.0783. The van der Waals surface area contributed by atoms with Crippen LogP contribution >= 0.6 is 23.1 Å². The van der Waals surface area contributed by atoms with E-state index in [2.05, 4.69) is 46.3 Å². The third kappa shape index (κ3) is 4.89. The van der Waals surface area contributed by atoms with Crippen LogP contribution in [0.25, 0.3) is 0 Å². The molecule has 1 aliphatic rings. The summed E-state index contributed by atoms with van der Waals surface area (Å²) in [5.74, 6) is 1.39. The molecule has 0 saturated carbocycles. The van der Waals surface area contributed by atoms with Gasteiger partial charge >= 0.3 is 0 Å². The van der Waals surface area contributed by atoms with Gasteiger partial charge in [-0.15, -0.1) is 11.3 Å². The van der Waals surface area contributed by atoms with Gasteiger partial charge in [0.25, 0.3) is 0 Å². The topological polar surface area (TPSA) is 45.7 Å². The van der Waals surface area contributed by atoms with Gasteiger partial charge in [0.2, 0.25) is 0 Å². The normalized spacial score (nSPS) is 19.7. The Balaban J connectivity index is 1.79. The fraction of sp³-hybridized carbons (Fsp3) is 0.688. The Bertz CT molecular complexity index is 456. The van der Waals surface area contributed by atoms with Gasteiger partial charge < -0.3 is 15.4 Å². The first kappa shape index (κ1) is 17.6. The predicted octanol–water partition coefficient (Wildman–Crippen LogP) is 2.93. The highest BCUT2D eigenvalue weighted by atomic mass is 32.2. The van der Waals surface area contributed by atoms with Gasteiger partial charge in [0.1, 0.15) is 0 Å². The summed E-state index contributed by atoms with van der Waals surface area (Å²) in [6.45, 7) is 5.81. The molecule has 0 amide bonds. The van der Waals surface area contributed by atoms with Gasteiger partial charge in [0.15, 0.2) is 5.96 Å². The molecule has 4 nitrogen and oxygen atoms in total. The largest absolute Gasteiger partial charge is 0.381 e. The van der Waals surface area contributed by atoms with Crippen LogP contribution in [0.15, 0.2) is 22.5 Å². The molecule has 2 N–H and O–H groups in total. The molecule has 1 atom stereocenters. The maximum Gasteiger partial charge on any atom is 0.191 e. The Hall–Kier alpha value is -0.720. The van der Waals surface area contributed by atoms with E-state index < -0.39 is 0 Å². The number of thioether (sulfide) groups is 1. The summed E-state index contributed by atoms with van der Waals surface area (Å²) >= 11 is 3.76. The number of guanidine groups is 1. The number of hydrogen-bond donors (Lipinski definition) is 2. The fourth-order valence-corrected chi connectivity index (χ4v) is 4.16. The summed E-state index contributed by atoms with van der Waals surface area (Å²) in [5, 5.41) is 9.07. The minimum Gasteiger partial charge on any atom is -0.381 e. The van der Waals surface area contributed by atoms with Gasteiger partial charge in [-0.25, -0.2) is 0 Å². The summed E-state index contributed by atoms with van der Waals surface area (Å²) in [4.78, 5) is 5.76. The average molecular weight is 342 g/mol. The molecule has 1 fully saturated rings. The third-order valence-corrected chi connectivity index (χ3v) is 6.77. The van der Waals surface area contributed by atoms with E-state index in [0.29, 0.717) is 5.92 Å². The molecule has 0 bridgehead atoms. The standard InChI is InChI=1S/C16H27N3OS2/c1-13(14-5-4-10-22-14)11-18-15(17-2)19-12-16(21-3)6-8-20-9-7-16/h4-5,10,13H,6-9,11-12H2,1-3H3,(H2,17,18,19). The fourth-order valence-electron chi connectivity index (χ4n) is 2.58. The minimum absolute atomic E-state index is 0.273. The Kier molecular flexibility index (Phi) is 7.05. The van der Waals surface area contributed by atoms with Crippen molar-refractivity contribution in [3.8, 4) is 0 Å². The molecule has 1 unspecified atom stereocenters. The lowest BCUT2D eigenvalue weighted by atomic mass is 9.99. The first-order valence-corrected chi connectivity index (χ1v) is 9.90. The molecule has 0 aromatic carbocycles. The number of aliphatic imine (C=N–C) groups is 1. The lowest BCUT2D eigenvalue weighted by Crippen LogP contribution is -2.48. The second-order valence-corrected chi connectivity index (χ2v) is 7.98. The van der Waals surface area contributed by atoms with Crippen molar-refractivity contribution in [2.24, 2.45) is 4.99 Å². The van der Waals surface area contributed by atoms with Crippen molar-refractivity contribution in [2.75, 3.05) is 39.6 Å². The quantitative estimate of drug-likeness (QED) is 0.617. The number of ether oxygens (including phenoxy) is 1. The van der Waals surface area contributed by atoms with E-state index >= 15 is 0 Å². The zero-order chi connectivity index (χ0) is 15.8. The van der Waals surface area contributed by atoms with E-state index in [1.807, 2.05) is 30.1 Å². The molecule has 6 heteroatoms. The first-order chi connectivity index (χ1) is 10.7. The Labute approximate surface area is 142 Å². The van der Waals surface area contributed by atoms with E-state index in [1.54, 1.807) is 0 Å². The smallest absolute Gasteiger partial charge is 0.191 e. The van der Waals surface area contributed by atoms with Crippen molar-refractivity contribution in [2.45, 2.75) is 30.4 Å². The van der Waals surface area contributed by atoms with Crippen molar-refractivity contribution in [1.29, 1.82) is 0 Å². The van der Waals surface area contributed by atoms with E-state index in [-0.39, 0.29) is 4.75 Å². The highest BCUT2D eigenvalue weighted by Gasteiger charge is 2.31. The van der Waals surface area contributed by atoms with Crippen LogP contribution in [-0.2, 0) is 4.74 Å². The molecule has 2 rings (SSSR count). The molecule has 1 aliphatic heterocycles. The molecule has 1 aromatic rings. The van der Waals surface area contributed by atoms with Gasteiger partial charge in [-0.3, -0.25) is 4.99 Å². The van der Waals surface area contributed by atoms with Gasteiger partial charge in [0.05, 0.1) is 0 Å². The monoisotopic (exact) mass is 341 g/mol. The second-order valence-electron chi connectivity index (χ2n) is 5.72. The van der Waals surface area contributed by atoms with Crippen LogP contribution < -0.4 is 10.6 Å². The van der Waals surface area contributed by atoms with Gasteiger partial charge in [-0.1, -0.05) is 13.0 Å². The van der Waals surface area contributed by atoms with Crippen LogP contribution in [0.5, 0.6) is 0 Å². The number of rotatable bonds is 6. The summed E-state index contributed by atoms with van der Waals surface area (Å²) in [5.41, 5.74) is 0. The van der Waals surface area contributed by atoms with Gasteiger partial charge in [-0.2, -0.15) is 11.8 Å². The molecule has 0 radical (unpaired) electrons. The van der Waals surface area contributed by atoms with Crippen molar-refractivity contribution < 1.29 is 4.74 Å². The summed E-state index contributed by atoms with van der Waals surface area (Å²) in [7, 11) is 1.83. The number of thiophene rings is 1. The number of nitrogens with zero attached hydrogens (tertiary/aromatic N) is 1. The SMILES string of the molecule is CN=C(NCC(C)c1cccs1)NCC1(SC)CCOCC1. The van der Waals surface area contributed by atoms with Crippen LogP contribution in [0.1, 0.15) is 30.6 Å². The van der Waals surface area contributed by atoms with Gasteiger partial charge in [0, 0.05) is 48.9 Å². The molecule has 124 valence electrons. The molecule has 2 heterocycles. The van der Waals surface area contributed by atoms with E-state index in [9.17, 15) is 0 Å². The predicted molar refractivity (Wildman–Crippen MR) is 98.4 cm³/mol. The summed E-state index contributed by atoms with van der Waals surface area (Å²) < 4.78 is 5.77. The highest BCUT2D eigenvalue weighted by molar-refractivity contribution is 8.00. The van der Waals surface area contributed by atoms with Crippen LogP contribution in [0.4, 0.5) is 0 Å². The van der Waals surface area contributed by atoms with Crippen molar-refractivity contribution in [3.63, 3.8) is 0 Å². The van der Waals surface area contributed by atoms with Crippen LogP contribution in [0, 0.1) is 0 Å².